The molecule has 0 bridgehead atoms. The molecule has 0 saturated heterocycles. The van der Waals surface area contributed by atoms with Crippen molar-refractivity contribution in [3.05, 3.63) is 5.82 Å². The van der Waals surface area contributed by atoms with Crippen molar-refractivity contribution in [2.24, 2.45) is 0 Å². The number of carbonyl (C=O) groups is 2. The number of nitrogens with one attached hydrogen (secondary N) is 1. The Balaban J connectivity index is 2.45. The Hall–Kier alpha value is -1.64. The number of amides is 1. The van der Waals surface area contributed by atoms with Crippen molar-refractivity contribution in [2.75, 3.05) is 5.75 Å². The summed E-state index contributed by atoms with van der Waals surface area (Å²) in [6.07, 6.45) is 0.923. The van der Waals surface area contributed by atoms with Gasteiger partial charge in [0.1, 0.15) is 6.04 Å². The molecule has 0 saturated carbocycles. The molecule has 1 aromatic rings. The number of carboxylic acids is 1. The van der Waals surface area contributed by atoms with Crippen molar-refractivity contribution >= 4 is 23.6 Å². The molecule has 19 heavy (non-hydrogen) atoms. The molecule has 1 aromatic heterocycles. The van der Waals surface area contributed by atoms with Gasteiger partial charge in [0, 0.05) is 19.2 Å². The minimum absolute atomic E-state index is 0.272. The number of aliphatic carboxylic acids is 1. The van der Waals surface area contributed by atoms with Gasteiger partial charge in [-0.2, -0.15) is 11.8 Å². The van der Waals surface area contributed by atoms with Crippen LogP contribution in [0.25, 0.3) is 0 Å². The lowest BCUT2D eigenvalue weighted by Gasteiger charge is -2.12. The highest BCUT2D eigenvalue weighted by molar-refractivity contribution is 7.98. The predicted octanol–water partition coefficient (Wildman–Crippen LogP) is -0.0944. The first-order valence-corrected chi connectivity index (χ1v) is 7.02. The summed E-state index contributed by atoms with van der Waals surface area (Å²) in [7, 11) is 0. The number of hydrogen-bond acceptors (Lipinski definition) is 6. The molecule has 8 nitrogen and oxygen atoms in total. The van der Waals surface area contributed by atoms with Crippen LogP contribution in [0.1, 0.15) is 26.1 Å². The summed E-state index contributed by atoms with van der Waals surface area (Å²) < 4.78 is 1.70. The van der Waals surface area contributed by atoms with Gasteiger partial charge in [0.15, 0.2) is 5.82 Å². The van der Waals surface area contributed by atoms with Crippen molar-refractivity contribution in [2.45, 2.75) is 38.6 Å². The van der Waals surface area contributed by atoms with Crippen molar-refractivity contribution in [3.63, 3.8) is 0 Å². The highest BCUT2D eigenvalue weighted by Gasteiger charge is 2.18. The van der Waals surface area contributed by atoms with E-state index in [1.165, 1.54) is 18.7 Å². The summed E-state index contributed by atoms with van der Waals surface area (Å²) in [4.78, 5) is 21.8. The van der Waals surface area contributed by atoms with E-state index >= 15 is 0 Å². The summed E-state index contributed by atoms with van der Waals surface area (Å²) in [6, 6.07) is -0.891. The van der Waals surface area contributed by atoms with Gasteiger partial charge in [0.25, 0.3) is 0 Å². The minimum Gasteiger partial charge on any atom is -0.480 e. The second-order valence-corrected chi connectivity index (χ2v) is 4.95. The lowest BCUT2D eigenvalue weighted by atomic mass is 10.3. The first-order chi connectivity index (χ1) is 9.04. The Morgan fingerprint density at radius 2 is 2.26 bits per heavy atom. The zero-order valence-corrected chi connectivity index (χ0v) is 11.7. The van der Waals surface area contributed by atoms with E-state index in [0.717, 1.165) is 13.0 Å². The normalized spacial score (nSPS) is 12.1. The lowest BCUT2D eigenvalue weighted by Crippen LogP contribution is -2.41. The van der Waals surface area contributed by atoms with Crippen molar-refractivity contribution in [1.29, 1.82) is 0 Å². The summed E-state index contributed by atoms with van der Waals surface area (Å²) >= 11 is 1.37. The topological polar surface area (TPSA) is 110 Å². The van der Waals surface area contributed by atoms with E-state index in [0.29, 0.717) is 11.6 Å². The molecule has 0 aliphatic heterocycles. The number of carboxylic acid groups (broad SMARTS) is 1. The molecule has 0 fully saturated rings. The van der Waals surface area contributed by atoms with Gasteiger partial charge in [-0.1, -0.05) is 6.92 Å². The van der Waals surface area contributed by atoms with E-state index in [1.54, 1.807) is 4.68 Å². The summed E-state index contributed by atoms with van der Waals surface area (Å²) in [5.74, 6) is 0.0862. The first kappa shape index (κ1) is 15.4. The van der Waals surface area contributed by atoms with E-state index in [9.17, 15) is 9.59 Å². The molecule has 0 aromatic carbocycles. The van der Waals surface area contributed by atoms with E-state index in [4.69, 9.17) is 5.11 Å². The van der Waals surface area contributed by atoms with Gasteiger partial charge in [-0.25, -0.2) is 9.48 Å². The van der Waals surface area contributed by atoms with E-state index in [-0.39, 0.29) is 11.7 Å². The van der Waals surface area contributed by atoms with Crippen LogP contribution < -0.4 is 5.32 Å². The van der Waals surface area contributed by atoms with Gasteiger partial charge in [0.2, 0.25) is 5.91 Å². The number of carbonyl (C=O) groups excluding carboxylic acids is 1. The SMILES string of the molecule is CCCn1nnnc1CSC[C@H](NC(C)=O)C(=O)O. The van der Waals surface area contributed by atoms with Gasteiger partial charge in [-0.15, -0.1) is 5.10 Å². The van der Waals surface area contributed by atoms with E-state index in [1.807, 2.05) is 6.92 Å². The fourth-order valence-corrected chi connectivity index (χ4v) is 2.37. The van der Waals surface area contributed by atoms with Crippen molar-refractivity contribution in [1.82, 2.24) is 25.5 Å². The molecule has 1 amide bonds. The van der Waals surface area contributed by atoms with E-state index < -0.39 is 12.0 Å². The molecule has 106 valence electrons. The Bertz CT molecular complexity index is 437. The molecular weight excluding hydrogens is 270 g/mol. The highest BCUT2D eigenvalue weighted by Crippen LogP contribution is 2.11. The predicted molar refractivity (Wildman–Crippen MR) is 69.5 cm³/mol. The number of rotatable bonds is 8. The maximum atomic E-state index is 10.9. The molecule has 1 rings (SSSR count). The second kappa shape index (κ2) is 7.72. The molecule has 9 heteroatoms. The molecule has 1 heterocycles. The molecule has 0 spiro atoms. The number of thioether (sulfide) groups is 1. The molecule has 0 aliphatic carbocycles. The van der Waals surface area contributed by atoms with Gasteiger partial charge in [-0.05, 0) is 16.8 Å². The summed E-state index contributed by atoms with van der Waals surface area (Å²) in [5, 5.41) is 22.6. The standard InChI is InChI=1S/C10H17N5O3S/c1-3-4-15-9(12-13-14-15)6-19-5-8(10(17)18)11-7(2)16/h8H,3-6H2,1-2H3,(H,11,16)(H,17,18)/t8-/m0/s1. The zero-order valence-electron chi connectivity index (χ0n) is 10.9. The van der Waals surface area contributed by atoms with Crippen LogP contribution in [0.3, 0.4) is 0 Å². The number of nitrogens with zero attached hydrogens (tertiary/aromatic N) is 4. The quantitative estimate of drug-likeness (QED) is 0.687. The molecule has 1 atom stereocenters. The Kier molecular flexibility index (Phi) is 6.26. The largest absolute Gasteiger partial charge is 0.480 e. The second-order valence-electron chi connectivity index (χ2n) is 3.92. The molecule has 0 radical (unpaired) electrons. The Morgan fingerprint density at radius 3 is 2.84 bits per heavy atom. The number of aromatic nitrogens is 4. The first-order valence-electron chi connectivity index (χ1n) is 5.87. The fourth-order valence-electron chi connectivity index (χ4n) is 1.40. The van der Waals surface area contributed by atoms with Gasteiger partial charge < -0.3 is 10.4 Å². The van der Waals surface area contributed by atoms with Crippen LogP contribution in [0, 0.1) is 0 Å². The number of tetrazole rings is 1. The summed E-state index contributed by atoms with van der Waals surface area (Å²) in [6.45, 7) is 4.05. The average Bonchev–Trinajstić information content (AvgIpc) is 2.75. The van der Waals surface area contributed by atoms with Crippen LogP contribution in [0.2, 0.25) is 0 Å². The lowest BCUT2D eigenvalue weighted by molar-refractivity contribution is -0.140. The highest BCUT2D eigenvalue weighted by atomic mass is 32.2. The van der Waals surface area contributed by atoms with E-state index in [2.05, 4.69) is 20.8 Å². The summed E-state index contributed by atoms with van der Waals surface area (Å²) in [5.41, 5.74) is 0. The van der Waals surface area contributed by atoms with Crippen LogP contribution in [0.5, 0.6) is 0 Å². The zero-order chi connectivity index (χ0) is 14.3. The van der Waals surface area contributed by atoms with Crippen LogP contribution in [0.15, 0.2) is 0 Å². The van der Waals surface area contributed by atoms with Gasteiger partial charge in [0.05, 0.1) is 5.75 Å². The molecule has 2 N–H and O–H groups in total. The third-order valence-corrected chi connectivity index (χ3v) is 3.26. The molecular formula is C10H17N5O3S. The van der Waals surface area contributed by atoms with Crippen LogP contribution in [-0.4, -0.2) is 49.0 Å². The van der Waals surface area contributed by atoms with Crippen LogP contribution in [0.4, 0.5) is 0 Å². The van der Waals surface area contributed by atoms with Gasteiger partial charge >= 0.3 is 5.97 Å². The van der Waals surface area contributed by atoms with Crippen molar-refractivity contribution in [3.8, 4) is 0 Å². The van der Waals surface area contributed by atoms with Crippen LogP contribution >= 0.6 is 11.8 Å². The third kappa shape index (κ3) is 5.25. The van der Waals surface area contributed by atoms with Crippen LogP contribution in [-0.2, 0) is 21.9 Å². The maximum absolute atomic E-state index is 10.9. The minimum atomic E-state index is -1.05. The molecule has 0 unspecified atom stereocenters. The third-order valence-electron chi connectivity index (χ3n) is 2.23. The Labute approximate surface area is 114 Å². The smallest absolute Gasteiger partial charge is 0.327 e. The Morgan fingerprint density at radius 1 is 1.53 bits per heavy atom. The fraction of sp³-hybridized carbons (Fsp3) is 0.700. The maximum Gasteiger partial charge on any atom is 0.327 e. The number of aryl methyl sites for hydroxylation is 1. The average molecular weight is 287 g/mol. The monoisotopic (exact) mass is 287 g/mol. The van der Waals surface area contributed by atoms with Crippen molar-refractivity contribution < 1.29 is 14.7 Å². The number of hydrogen-bond donors (Lipinski definition) is 2. The molecule has 0 aliphatic rings. The van der Waals surface area contributed by atoms with Gasteiger partial charge in [-0.3, -0.25) is 4.79 Å².